The van der Waals surface area contributed by atoms with Crippen LogP contribution >= 0.6 is 0 Å². The van der Waals surface area contributed by atoms with Gasteiger partial charge in [-0.1, -0.05) is 12.1 Å². The Morgan fingerprint density at radius 2 is 2.13 bits per heavy atom. The van der Waals surface area contributed by atoms with Crippen LogP contribution in [0, 0.1) is 11.3 Å². The van der Waals surface area contributed by atoms with E-state index in [1.807, 2.05) is 0 Å². The van der Waals surface area contributed by atoms with Crippen LogP contribution in [-0.2, 0) is 9.53 Å². The van der Waals surface area contributed by atoms with Crippen molar-refractivity contribution in [1.29, 1.82) is 5.26 Å². The van der Waals surface area contributed by atoms with E-state index >= 15 is 0 Å². The van der Waals surface area contributed by atoms with Crippen molar-refractivity contribution in [1.82, 2.24) is 4.90 Å². The predicted octanol–water partition coefficient (Wildman–Crippen LogP) is 1.13. The Balaban J connectivity index is 2.97. The van der Waals surface area contributed by atoms with Crippen molar-refractivity contribution in [2.24, 2.45) is 0 Å². The Labute approximate surface area is 134 Å². The molecule has 1 amide bonds. The number of aliphatic hydroxyl groups excluding tert-OH is 1. The fourth-order valence-electron chi connectivity index (χ4n) is 1.75. The van der Waals surface area contributed by atoms with E-state index in [-0.39, 0.29) is 36.6 Å². The Morgan fingerprint density at radius 3 is 2.74 bits per heavy atom. The van der Waals surface area contributed by atoms with Crippen molar-refractivity contribution in [3.63, 3.8) is 0 Å². The van der Waals surface area contributed by atoms with E-state index in [4.69, 9.17) is 15.1 Å². The number of carbonyl (C=O) groups is 2. The lowest BCUT2D eigenvalue weighted by Gasteiger charge is -2.13. The van der Waals surface area contributed by atoms with E-state index in [2.05, 4.69) is 5.32 Å². The summed E-state index contributed by atoms with van der Waals surface area (Å²) in [6, 6.07) is 8.19. The van der Waals surface area contributed by atoms with Crippen molar-refractivity contribution < 1.29 is 19.4 Å². The third-order valence-corrected chi connectivity index (χ3v) is 2.84. The Bertz CT molecular complexity index is 634. The van der Waals surface area contributed by atoms with Gasteiger partial charge in [0, 0.05) is 19.8 Å². The number of amides is 1. The number of hydrogen-bond donors (Lipinski definition) is 2. The zero-order valence-electron chi connectivity index (χ0n) is 13.1. The minimum absolute atomic E-state index is 0.0982. The van der Waals surface area contributed by atoms with Gasteiger partial charge in [0.15, 0.2) is 0 Å². The van der Waals surface area contributed by atoms with Gasteiger partial charge in [-0.05, 0) is 19.1 Å². The highest BCUT2D eigenvalue weighted by atomic mass is 16.5. The van der Waals surface area contributed by atoms with Gasteiger partial charge >= 0.3 is 5.97 Å². The van der Waals surface area contributed by atoms with Crippen LogP contribution in [0.15, 0.2) is 36.0 Å². The summed E-state index contributed by atoms with van der Waals surface area (Å²) >= 11 is 0. The summed E-state index contributed by atoms with van der Waals surface area (Å²) in [6.45, 7) is 2.10. The molecule has 7 nitrogen and oxygen atoms in total. The molecule has 122 valence electrons. The molecule has 0 saturated heterocycles. The Kier molecular flexibility index (Phi) is 7.30. The molecule has 0 heterocycles. The molecule has 7 heteroatoms. The molecule has 0 spiro atoms. The molecule has 0 saturated carbocycles. The molecule has 0 aliphatic carbocycles. The summed E-state index contributed by atoms with van der Waals surface area (Å²) in [5, 5.41) is 20.5. The van der Waals surface area contributed by atoms with Crippen LogP contribution < -0.4 is 5.32 Å². The summed E-state index contributed by atoms with van der Waals surface area (Å²) in [4.78, 5) is 25.6. The number of carbonyl (C=O) groups excluding carboxylic acids is 2. The minimum atomic E-state index is -0.644. The molecule has 0 aliphatic rings. The van der Waals surface area contributed by atoms with Crippen LogP contribution in [0.25, 0.3) is 0 Å². The maximum atomic E-state index is 12.2. The normalized spacial score (nSPS) is 10.6. The number of likely N-dealkylation sites (N-methyl/N-ethyl adjacent to an activating group) is 1. The van der Waals surface area contributed by atoms with Crippen LogP contribution in [0.5, 0.6) is 0 Å². The van der Waals surface area contributed by atoms with Gasteiger partial charge in [-0.3, -0.25) is 4.79 Å². The molecular weight excluding hydrogens is 298 g/mol. The monoisotopic (exact) mass is 317 g/mol. The summed E-state index contributed by atoms with van der Waals surface area (Å²) in [7, 11) is 1.63. The highest BCUT2D eigenvalue weighted by Crippen LogP contribution is 2.17. The lowest BCUT2D eigenvalue weighted by molar-refractivity contribution is -0.112. The summed E-state index contributed by atoms with van der Waals surface area (Å²) in [5.41, 5.74) is 0.338. The highest BCUT2D eigenvalue weighted by Gasteiger charge is 2.16. The molecule has 1 aromatic rings. The SMILES string of the molecule is CCOC(=O)c1ccccc1NC(=O)/C(C#N)=C\N(C)CCO. The summed E-state index contributed by atoms with van der Waals surface area (Å²) in [6.07, 6.45) is 1.33. The molecule has 0 aliphatic heterocycles. The highest BCUT2D eigenvalue weighted by molar-refractivity contribution is 6.09. The van der Waals surface area contributed by atoms with Gasteiger partial charge in [0.05, 0.1) is 24.5 Å². The fourth-order valence-corrected chi connectivity index (χ4v) is 1.75. The van der Waals surface area contributed by atoms with Gasteiger partial charge < -0.3 is 20.1 Å². The molecule has 23 heavy (non-hydrogen) atoms. The molecule has 0 fully saturated rings. The Hall–Kier alpha value is -2.85. The fraction of sp³-hybridized carbons (Fsp3) is 0.312. The summed E-state index contributed by atoms with van der Waals surface area (Å²) < 4.78 is 4.93. The first-order valence-corrected chi connectivity index (χ1v) is 7.04. The van der Waals surface area contributed by atoms with E-state index < -0.39 is 11.9 Å². The number of nitriles is 1. The number of nitrogens with zero attached hydrogens (tertiary/aromatic N) is 2. The maximum Gasteiger partial charge on any atom is 0.340 e. The molecule has 1 aromatic carbocycles. The van der Waals surface area contributed by atoms with E-state index in [9.17, 15) is 9.59 Å². The first-order chi connectivity index (χ1) is 11.0. The quantitative estimate of drug-likeness (QED) is 0.444. The second-order valence-corrected chi connectivity index (χ2v) is 4.58. The second-order valence-electron chi connectivity index (χ2n) is 4.58. The average Bonchev–Trinajstić information content (AvgIpc) is 2.53. The number of ether oxygens (including phenoxy) is 1. The van der Waals surface area contributed by atoms with Gasteiger partial charge in [-0.15, -0.1) is 0 Å². The molecule has 0 bridgehead atoms. The molecule has 0 unspecified atom stereocenters. The van der Waals surface area contributed by atoms with Crippen molar-refractivity contribution in [2.75, 3.05) is 32.1 Å². The molecule has 1 rings (SSSR count). The summed E-state index contributed by atoms with van der Waals surface area (Å²) in [5.74, 6) is -1.20. The predicted molar refractivity (Wildman–Crippen MR) is 84.4 cm³/mol. The molecule has 0 aromatic heterocycles. The van der Waals surface area contributed by atoms with Crippen LogP contribution in [0.4, 0.5) is 5.69 Å². The smallest absolute Gasteiger partial charge is 0.340 e. The molecule has 0 atom stereocenters. The van der Waals surface area contributed by atoms with E-state index in [1.165, 1.54) is 17.2 Å². The van der Waals surface area contributed by atoms with Crippen molar-refractivity contribution in [2.45, 2.75) is 6.92 Å². The lowest BCUT2D eigenvalue weighted by Crippen LogP contribution is -2.21. The molecule has 0 radical (unpaired) electrons. The largest absolute Gasteiger partial charge is 0.462 e. The van der Waals surface area contributed by atoms with Crippen molar-refractivity contribution in [3.8, 4) is 6.07 Å². The van der Waals surface area contributed by atoms with Gasteiger partial charge in [0.2, 0.25) is 0 Å². The average molecular weight is 317 g/mol. The number of benzene rings is 1. The van der Waals surface area contributed by atoms with Crippen molar-refractivity contribution >= 4 is 17.6 Å². The zero-order chi connectivity index (χ0) is 17.2. The first-order valence-electron chi connectivity index (χ1n) is 7.04. The number of para-hydroxylation sites is 1. The minimum Gasteiger partial charge on any atom is -0.462 e. The first kappa shape index (κ1) is 18.2. The van der Waals surface area contributed by atoms with Crippen LogP contribution in [0.1, 0.15) is 17.3 Å². The lowest BCUT2D eigenvalue weighted by atomic mass is 10.1. The van der Waals surface area contributed by atoms with E-state index in [0.29, 0.717) is 0 Å². The number of rotatable bonds is 7. The number of hydrogen-bond acceptors (Lipinski definition) is 6. The van der Waals surface area contributed by atoms with Crippen molar-refractivity contribution in [3.05, 3.63) is 41.6 Å². The van der Waals surface area contributed by atoms with E-state index in [1.54, 1.807) is 38.2 Å². The second kappa shape index (κ2) is 9.23. The van der Waals surface area contributed by atoms with Crippen LogP contribution in [-0.4, -0.2) is 48.7 Å². The van der Waals surface area contributed by atoms with Crippen LogP contribution in [0.3, 0.4) is 0 Å². The third kappa shape index (κ3) is 5.45. The number of aliphatic hydroxyl groups is 1. The van der Waals surface area contributed by atoms with Crippen LogP contribution in [0.2, 0.25) is 0 Å². The number of nitrogens with one attached hydrogen (secondary N) is 1. The topological polar surface area (TPSA) is 103 Å². The maximum absolute atomic E-state index is 12.2. The zero-order valence-corrected chi connectivity index (χ0v) is 13.1. The van der Waals surface area contributed by atoms with Gasteiger partial charge in [-0.2, -0.15) is 5.26 Å². The van der Waals surface area contributed by atoms with E-state index in [0.717, 1.165) is 0 Å². The molecule has 2 N–H and O–H groups in total. The standard InChI is InChI=1S/C16H19N3O4/c1-3-23-16(22)13-6-4-5-7-14(13)18-15(21)12(10-17)11-19(2)8-9-20/h4-7,11,20H,3,8-9H2,1-2H3,(H,18,21)/b12-11-. The Morgan fingerprint density at radius 1 is 1.43 bits per heavy atom. The molecular formula is C16H19N3O4. The number of anilines is 1. The number of esters is 1. The van der Waals surface area contributed by atoms with Gasteiger partial charge in [0.1, 0.15) is 11.6 Å². The third-order valence-electron chi connectivity index (χ3n) is 2.84. The van der Waals surface area contributed by atoms with Gasteiger partial charge in [0.25, 0.3) is 5.91 Å². The van der Waals surface area contributed by atoms with Gasteiger partial charge in [-0.25, -0.2) is 4.79 Å².